The minimum absolute atomic E-state index is 0.0334. The standard InChI is InChI=1S/C19H22ClN3O2/c1-12(9-15-5-3-4-6-17(15)20)19-23-22-18(25-19)11-14-7-8-16(10-14)21-13(2)24/h3-6,9,14,16H,7-8,10-11H2,1-2H3,(H,21,24)/b12-9+/t14-,16+/m1/s1. The first-order valence-corrected chi connectivity index (χ1v) is 8.91. The summed E-state index contributed by atoms with van der Waals surface area (Å²) in [7, 11) is 0. The number of carbonyl (C=O) groups is 1. The van der Waals surface area contributed by atoms with E-state index in [9.17, 15) is 4.79 Å². The molecule has 1 fully saturated rings. The van der Waals surface area contributed by atoms with Gasteiger partial charge in [-0.1, -0.05) is 29.8 Å². The summed E-state index contributed by atoms with van der Waals surface area (Å²) in [6, 6.07) is 7.91. The average molecular weight is 360 g/mol. The van der Waals surface area contributed by atoms with E-state index in [-0.39, 0.29) is 11.9 Å². The van der Waals surface area contributed by atoms with E-state index in [1.54, 1.807) is 6.92 Å². The smallest absolute Gasteiger partial charge is 0.243 e. The molecule has 1 saturated carbocycles. The van der Waals surface area contributed by atoms with Crippen molar-refractivity contribution in [3.8, 4) is 0 Å². The second-order valence-corrected chi connectivity index (χ2v) is 7.04. The molecule has 1 aromatic carbocycles. The maximum Gasteiger partial charge on any atom is 0.243 e. The molecule has 3 rings (SSSR count). The van der Waals surface area contributed by atoms with Gasteiger partial charge in [0.05, 0.1) is 0 Å². The molecule has 132 valence electrons. The Bertz CT molecular complexity index is 784. The lowest BCUT2D eigenvalue weighted by molar-refractivity contribution is -0.119. The van der Waals surface area contributed by atoms with Crippen molar-refractivity contribution < 1.29 is 9.21 Å². The molecular weight excluding hydrogens is 338 g/mol. The number of hydrogen-bond donors (Lipinski definition) is 1. The predicted molar refractivity (Wildman–Crippen MR) is 97.9 cm³/mol. The molecule has 0 bridgehead atoms. The van der Waals surface area contributed by atoms with Crippen LogP contribution in [0.4, 0.5) is 0 Å². The number of halogens is 1. The van der Waals surface area contributed by atoms with Gasteiger partial charge in [-0.3, -0.25) is 4.79 Å². The number of nitrogens with zero attached hydrogens (tertiary/aromatic N) is 2. The van der Waals surface area contributed by atoms with Crippen molar-refractivity contribution in [2.24, 2.45) is 5.92 Å². The molecule has 0 spiro atoms. The third kappa shape index (κ3) is 4.69. The van der Waals surface area contributed by atoms with Crippen LogP contribution in [0.15, 0.2) is 28.7 Å². The maximum atomic E-state index is 11.1. The first-order chi connectivity index (χ1) is 12.0. The Balaban J connectivity index is 1.63. The normalized spacial score (nSPS) is 20.7. The zero-order valence-electron chi connectivity index (χ0n) is 14.5. The fourth-order valence-electron chi connectivity index (χ4n) is 3.31. The fraction of sp³-hybridized carbons (Fsp3) is 0.421. The molecule has 1 aliphatic rings. The fourth-order valence-corrected chi connectivity index (χ4v) is 3.50. The number of nitrogens with one attached hydrogen (secondary N) is 1. The van der Waals surface area contributed by atoms with Crippen LogP contribution in [-0.2, 0) is 11.2 Å². The highest BCUT2D eigenvalue weighted by Crippen LogP contribution is 2.29. The molecule has 2 aromatic rings. The Hall–Kier alpha value is -2.14. The van der Waals surface area contributed by atoms with Crippen LogP contribution in [0, 0.1) is 5.92 Å². The van der Waals surface area contributed by atoms with E-state index in [2.05, 4.69) is 15.5 Å². The van der Waals surface area contributed by atoms with E-state index >= 15 is 0 Å². The maximum absolute atomic E-state index is 11.1. The van der Waals surface area contributed by atoms with Crippen molar-refractivity contribution in [1.29, 1.82) is 0 Å². The largest absolute Gasteiger partial charge is 0.421 e. The molecule has 2 atom stereocenters. The van der Waals surface area contributed by atoms with Gasteiger partial charge in [0.25, 0.3) is 0 Å². The van der Waals surface area contributed by atoms with Crippen molar-refractivity contribution in [2.45, 2.75) is 45.6 Å². The van der Waals surface area contributed by atoms with Gasteiger partial charge in [-0.15, -0.1) is 10.2 Å². The number of carbonyl (C=O) groups excluding carboxylic acids is 1. The van der Waals surface area contributed by atoms with Gasteiger partial charge in [0, 0.05) is 30.0 Å². The van der Waals surface area contributed by atoms with E-state index in [0.29, 0.717) is 22.7 Å². The van der Waals surface area contributed by atoms with E-state index < -0.39 is 0 Å². The summed E-state index contributed by atoms with van der Waals surface area (Å²) < 4.78 is 5.81. The quantitative estimate of drug-likeness (QED) is 0.871. The Morgan fingerprint density at radius 1 is 1.32 bits per heavy atom. The highest BCUT2D eigenvalue weighted by atomic mass is 35.5. The van der Waals surface area contributed by atoms with Crippen molar-refractivity contribution in [1.82, 2.24) is 15.5 Å². The van der Waals surface area contributed by atoms with Crippen molar-refractivity contribution in [3.63, 3.8) is 0 Å². The minimum atomic E-state index is 0.0334. The molecule has 1 heterocycles. The first kappa shape index (κ1) is 17.7. The van der Waals surface area contributed by atoms with E-state index in [4.69, 9.17) is 16.0 Å². The Kier molecular flexibility index (Phi) is 5.53. The topological polar surface area (TPSA) is 68.0 Å². The van der Waals surface area contributed by atoms with Crippen LogP contribution >= 0.6 is 11.6 Å². The lowest BCUT2D eigenvalue weighted by atomic mass is 10.0. The molecule has 0 aliphatic heterocycles. The van der Waals surface area contributed by atoms with E-state index in [1.807, 2.05) is 37.3 Å². The van der Waals surface area contributed by atoms with Gasteiger partial charge in [0.15, 0.2) is 0 Å². The Morgan fingerprint density at radius 3 is 2.88 bits per heavy atom. The van der Waals surface area contributed by atoms with Gasteiger partial charge in [0.1, 0.15) is 0 Å². The molecule has 25 heavy (non-hydrogen) atoms. The molecule has 1 aromatic heterocycles. The summed E-state index contributed by atoms with van der Waals surface area (Å²) in [5.74, 6) is 1.67. The molecule has 0 saturated heterocycles. The molecule has 0 unspecified atom stereocenters. The van der Waals surface area contributed by atoms with Gasteiger partial charge in [-0.05, 0) is 49.8 Å². The first-order valence-electron chi connectivity index (χ1n) is 8.54. The van der Waals surface area contributed by atoms with Gasteiger partial charge < -0.3 is 9.73 Å². The van der Waals surface area contributed by atoms with Crippen molar-refractivity contribution in [2.75, 3.05) is 0 Å². The van der Waals surface area contributed by atoms with Crippen LogP contribution < -0.4 is 5.32 Å². The second kappa shape index (κ2) is 7.83. The third-order valence-electron chi connectivity index (χ3n) is 4.49. The van der Waals surface area contributed by atoms with Crippen LogP contribution in [0.2, 0.25) is 5.02 Å². The number of amides is 1. The monoisotopic (exact) mass is 359 g/mol. The zero-order chi connectivity index (χ0) is 17.8. The lowest BCUT2D eigenvalue weighted by Gasteiger charge is -2.10. The molecule has 1 amide bonds. The molecule has 6 heteroatoms. The second-order valence-electron chi connectivity index (χ2n) is 6.63. The summed E-state index contributed by atoms with van der Waals surface area (Å²) in [5, 5.41) is 12.0. The predicted octanol–water partition coefficient (Wildman–Crippen LogP) is 4.13. The molecule has 1 aliphatic carbocycles. The van der Waals surface area contributed by atoms with Crippen LogP contribution in [0.5, 0.6) is 0 Å². The number of allylic oxidation sites excluding steroid dienone is 1. The van der Waals surface area contributed by atoms with Gasteiger partial charge in [0.2, 0.25) is 17.7 Å². The Labute approximate surface area is 152 Å². The van der Waals surface area contributed by atoms with Gasteiger partial charge in [-0.25, -0.2) is 0 Å². The number of benzene rings is 1. The highest BCUT2D eigenvalue weighted by molar-refractivity contribution is 6.32. The molecule has 5 nitrogen and oxygen atoms in total. The molecule has 1 N–H and O–H groups in total. The van der Waals surface area contributed by atoms with Crippen LogP contribution in [0.1, 0.15) is 50.5 Å². The Morgan fingerprint density at radius 2 is 2.12 bits per heavy atom. The highest BCUT2D eigenvalue weighted by Gasteiger charge is 2.26. The summed E-state index contributed by atoms with van der Waals surface area (Å²) in [4.78, 5) is 11.1. The van der Waals surface area contributed by atoms with E-state index in [1.165, 1.54) is 0 Å². The molecule has 0 radical (unpaired) electrons. The summed E-state index contributed by atoms with van der Waals surface area (Å²) >= 11 is 6.18. The lowest BCUT2D eigenvalue weighted by Crippen LogP contribution is -2.30. The third-order valence-corrected chi connectivity index (χ3v) is 4.84. The van der Waals surface area contributed by atoms with Crippen LogP contribution in [-0.4, -0.2) is 22.1 Å². The number of aromatic nitrogens is 2. The minimum Gasteiger partial charge on any atom is -0.421 e. The summed E-state index contributed by atoms with van der Waals surface area (Å²) in [6.45, 7) is 3.49. The van der Waals surface area contributed by atoms with Crippen LogP contribution in [0.25, 0.3) is 11.6 Å². The number of hydrogen-bond acceptors (Lipinski definition) is 4. The van der Waals surface area contributed by atoms with Crippen molar-refractivity contribution >= 4 is 29.2 Å². The van der Waals surface area contributed by atoms with Gasteiger partial charge >= 0.3 is 0 Å². The van der Waals surface area contributed by atoms with Crippen LogP contribution in [0.3, 0.4) is 0 Å². The summed E-state index contributed by atoms with van der Waals surface area (Å²) in [5.41, 5.74) is 1.81. The zero-order valence-corrected chi connectivity index (χ0v) is 15.2. The summed E-state index contributed by atoms with van der Waals surface area (Å²) in [6.07, 6.45) is 5.74. The number of rotatable bonds is 5. The average Bonchev–Trinajstić information content (AvgIpc) is 3.19. The molecular formula is C19H22ClN3O2. The van der Waals surface area contributed by atoms with E-state index in [0.717, 1.165) is 36.8 Å². The SMILES string of the molecule is CC(=O)N[C@H]1CC[C@@H](Cc2nnc(/C(C)=C/c3ccccc3Cl)o2)C1. The van der Waals surface area contributed by atoms with Crippen molar-refractivity contribution in [3.05, 3.63) is 46.6 Å². The van der Waals surface area contributed by atoms with Gasteiger partial charge in [-0.2, -0.15) is 0 Å².